The number of carbonyl (C=O) groups excluding carboxylic acids is 4. The fourth-order valence-corrected chi connectivity index (χ4v) is 8.06. The first kappa shape index (κ1) is 36.5. The van der Waals surface area contributed by atoms with Crippen LogP contribution in [0.3, 0.4) is 0 Å². The van der Waals surface area contributed by atoms with Gasteiger partial charge in [-0.25, -0.2) is 19.6 Å². The fraction of sp³-hybridized carbons (Fsp3) is 0.333. The van der Waals surface area contributed by atoms with Crippen molar-refractivity contribution in [3.05, 3.63) is 84.4 Å². The van der Waals surface area contributed by atoms with E-state index in [9.17, 15) is 19.2 Å². The van der Waals surface area contributed by atoms with Crippen LogP contribution in [0.15, 0.2) is 72.8 Å². The number of hydrogen-bond acceptors (Lipinski definition) is 8. The SMILES string of the molecule is COC(=O)NC(C)C(=O)N1CCCC1c1nc2ccc(-c3ccc4cc(-c5ccc6nc(C7CCCN7C(=O)C(C)NC(=O)OC)[nH]c6c5)ccc4c3)cc2[nH]1. The molecule has 0 aliphatic carbocycles. The second-order valence-corrected chi connectivity index (χ2v) is 14.6. The van der Waals surface area contributed by atoms with E-state index in [-0.39, 0.29) is 23.9 Å². The summed E-state index contributed by atoms with van der Waals surface area (Å²) in [7, 11) is 2.55. The van der Waals surface area contributed by atoms with Gasteiger partial charge >= 0.3 is 12.2 Å². The van der Waals surface area contributed by atoms with Gasteiger partial charge in [0.1, 0.15) is 23.7 Å². The molecule has 0 saturated carbocycles. The first-order valence-electron chi connectivity index (χ1n) is 18.9. The Labute approximate surface area is 322 Å². The summed E-state index contributed by atoms with van der Waals surface area (Å²) in [5.74, 6) is 1.13. The summed E-state index contributed by atoms with van der Waals surface area (Å²) in [6, 6.07) is 23.4. The van der Waals surface area contributed by atoms with Crippen LogP contribution in [0.2, 0.25) is 0 Å². The molecule has 2 aromatic heterocycles. The van der Waals surface area contributed by atoms with Crippen molar-refractivity contribution in [2.75, 3.05) is 27.3 Å². The van der Waals surface area contributed by atoms with Gasteiger partial charge in [0.25, 0.3) is 0 Å². The van der Waals surface area contributed by atoms with Crippen LogP contribution in [0.5, 0.6) is 0 Å². The lowest BCUT2D eigenvalue weighted by molar-refractivity contribution is -0.134. The lowest BCUT2D eigenvalue weighted by Gasteiger charge is -2.26. The first-order chi connectivity index (χ1) is 27.1. The van der Waals surface area contributed by atoms with E-state index >= 15 is 0 Å². The second kappa shape index (κ2) is 15.0. The Morgan fingerprint density at radius 1 is 0.625 bits per heavy atom. The maximum atomic E-state index is 13.2. The Bertz CT molecular complexity index is 2320. The number of likely N-dealkylation sites (tertiary alicyclic amines) is 2. The van der Waals surface area contributed by atoms with Crippen LogP contribution < -0.4 is 10.6 Å². The number of methoxy groups -OCH3 is 2. The van der Waals surface area contributed by atoms with Crippen LogP contribution in [-0.2, 0) is 19.1 Å². The van der Waals surface area contributed by atoms with Crippen molar-refractivity contribution in [1.82, 2.24) is 40.4 Å². The molecule has 4 aromatic carbocycles. The number of imidazole rings is 2. The molecule has 14 nitrogen and oxygen atoms in total. The van der Waals surface area contributed by atoms with Crippen LogP contribution in [0.4, 0.5) is 9.59 Å². The molecule has 56 heavy (non-hydrogen) atoms. The molecule has 0 spiro atoms. The van der Waals surface area contributed by atoms with Gasteiger partial charge in [-0.05, 0) is 109 Å². The average molecular weight is 757 g/mol. The van der Waals surface area contributed by atoms with Crippen molar-refractivity contribution in [1.29, 1.82) is 0 Å². The van der Waals surface area contributed by atoms with Crippen molar-refractivity contribution in [3.63, 3.8) is 0 Å². The molecule has 2 saturated heterocycles. The number of ether oxygens (including phenoxy) is 2. The van der Waals surface area contributed by atoms with Crippen molar-refractivity contribution >= 4 is 56.8 Å². The maximum Gasteiger partial charge on any atom is 0.407 e. The van der Waals surface area contributed by atoms with Gasteiger partial charge in [-0.3, -0.25) is 9.59 Å². The number of benzene rings is 4. The minimum Gasteiger partial charge on any atom is -0.453 e. The van der Waals surface area contributed by atoms with E-state index in [0.717, 1.165) is 92.4 Å². The Balaban J connectivity index is 0.990. The molecule has 2 aliphatic rings. The van der Waals surface area contributed by atoms with Crippen LogP contribution >= 0.6 is 0 Å². The summed E-state index contributed by atoms with van der Waals surface area (Å²) in [6.45, 7) is 4.51. The number of alkyl carbamates (subject to hydrolysis) is 2. The quantitative estimate of drug-likeness (QED) is 0.132. The third-order valence-corrected chi connectivity index (χ3v) is 11.0. The van der Waals surface area contributed by atoms with E-state index in [4.69, 9.17) is 9.97 Å². The molecule has 14 heteroatoms. The van der Waals surface area contributed by atoms with Crippen LogP contribution in [0.25, 0.3) is 55.1 Å². The van der Waals surface area contributed by atoms with E-state index in [1.165, 1.54) is 14.2 Å². The number of nitrogens with one attached hydrogen (secondary N) is 4. The summed E-state index contributed by atoms with van der Waals surface area (Å²) >= 11 is 0. The van der Waals surface area contributed by atoms with Gasteiger partial charge in [0, 0.05) is 13.1 Å². The molecule has 2 aliphatic heterocycles. The van der Waals surface area contributed by atoms with Gasteiger partial charge in [-0.15, -0.1) is 0 Å². The summed E-state index contributed by atoms with van der Waals surface area (Å²) in [4.78, 5) is 70.0. The molecule has 4 atom stereocenters. The van der Waals surface area contributed by atoms with Crippen molar-refractivity contribution < 1.29 is 28.7 Å². The minimum atomic E-state index is -0.709. The largest absolute Gasteiger partial charge is 0.453 e. The molecule has 2 fully saturated rings. The highest BCUT2D eigenvalue weighted by molar-refractivity contribution is 5.93. The lowest BCUT2D eigenvalue weighted by atomic mass is 9.97. The number of H-pyrrole nitrogens is 2. The molecular formula is C42H44N8O6. The minimum absolute atomic E-state index is 0.168. The number of nitrogens with zero attached hydrogens (tertiary/aromatic N) is 4. The summed E-state index contributed by atoms with van der Waals surface area (Å²) < 4.78 is 9.34. The lowest BCUT2D eigenvalue weighted by Crippen LogP contribution is -2.46. The molecule has 6 aromatic rings. The van der Waals surface area contributed by atoms with Crippen molar-refractivity contribution in [3.8, 4) is 22.3 Å². The van der Waals surface area contributed by atoms with E-state index in [2.05, 4.69) is 90.7 Å². The highest BCUT2D eigenvalue weighted by atomic mass is 16.5. The van der Waals surface area contributed by atoms with Gasteiger partial charge in [0.2, 0.25) is 11.8 Å². The van der Waals surface area contributed by atoms with E-state index < -0.39 is 24.3 Å². The second-order valence-electron chi connectivity index (χ2n) is 14.6. The molecule has 288 valence electrons. The monoisotopic (exact) mass is 756 g/mol. The topological polar surface area (TPSA) is 175 Å². The molecule has 4 heterocycles. The molecular weight excluding hydrogens is 713 g/mol. The van der Waals surface area contributed by atoms with Crippen LogP contribution in [-0.4, -0.2) is 93.1 Å². The van der Waals surface area contributed by atoms with Gasteiger partial charge < -0.3 is 39.9 Å². The molecule has 4 unspecified atom stereocenters. The fourth-order valence-electron chi connectivity index (χ4n) is 8.06. The maximum absolute atomic E-state index is 13.2. The zero-order valence-corrected chi connectivity index (χ0v) is 31.7. The van der Waals surface area contributed by atoms with E-state index in [0.29, 0.717) is 13.1 Å². The van der Waals surface area contributed by atoms with E-state index in [1.807, 2.05) is 12.1 Å². The number of fused-ring (bicyclic) bond motifs is 3. The number of hydrogen-bond donors (Lipinski definition) is 4. The molecule has 4 amide bonds. The number of rotatable bonds is 8. The summed E-state index contributed by atoms with van der Waals surface area (Å²) in [5.41, 5.74) is 7.68. The normalized spacial score (nSPS) is 18.0. The van der Waals surface area contributed by atoms with Crippen molar-refractivity contribution in [2.24, 2.45) is 0 Å². The first-order valence-corrected chi connectivity index (χ1v) is 18.9. The molecule has 0 bridgehead atoms. The van der Waals surface area contributed by atoms with E-state index in [1.54, 1.807) is 23.6 Å². The summed E-state index contributed by atoms with van der Waals surface area (Å²) in [6.07, 6.45) is 1.99. The predicted octanol–water partition coefficient (Wildman–Crippen LogP) is 6.74. The van der Waals surface area contributed by atoms with Crippen LogP contribution in [0, 0.1) is 0 Å². The zero-order chi connectivity index (χ0) is 39.1. The Hall–Kier alpha value is -6.44. The number of aromatic nitrogens is 4. The highest BCUT2D eigenvalue weighted by Gasteiger charge is 2.36. The third-order valence-electron chi connectivity index (χ3n) is 11.0. The zero-order valence-electron chi connectivity index (χ0n) is 31.7. The number of aromatic amines is 2. The smallest absolute Gasteiger partial charge is 0.407 e. The van der Waals surface area contributed by atoms with Crippen LogP contribution in [0.1, 0.15) is 63.3 Å². The number of carbonyl (C=O) groups is 4. The van der Waals surface area contributed by atoms with Gasteiger partial charge in [-0.1, -0.05) is 36.4 Å². The average Bonchev–Trinajstić information content (AvgIpc) is 4.04. The van der Waals surface area contributed by atoms with Crippen molar-refractivity contribution in [2.45, 2.75) is 63.7 Å². The molecule has 8 rings (SSSR count). The summed E-state index contributed by atoms with van der Waals surface area (Å²) in [5, 5.41) is 7.37. The predicted molar refractivity (Wildman–Crippen MR) is 212 cm³/mol. The Kier molecular flexibility index (Phi) is 9.79. The van der Waals surface area contributed by atoms with Gasteiger partial charge in [0.05, 0.1) is 48.4 Å². The molecule has 4 N–H and O–H groups in total. The van der Waals surface area contributed by atoms with Gasteiger partial charge in [0.15, 0.2) is 0 Å². The molecule has 0 radical (unpaired) electrons. The van der Waals surface area contributed by atoms with Gasteiger partial charge in [-0.2, -0.15) is 0 Å². The Morgan fingerprint density at radius 3 is 1.43 bits per heavy atom. The highest BCUT2D eigenvalue weighted by Crippen LogP contribution is 2.36. The number of amides is 4. The third kappa shape index (κ3) is 6.98. The standard InChI is InChI=1S/C42H44N8O6/c1-23(43-41(53)55-3)39(51)49-17-5-7-35(49)37-45-31-15-13-29(21-33(31)47-37)27-11-9-26-20-28(12-10-25(26)19-27)30-14-16-32-34(22-30)48-38(46-32)36-8-6-18-50(36)40(52)24(2)44-42(54)56-4/h9-16,19-24,35-36H,5-8,17-18H2,1-4H3,(H,43,53)(H,44,54)(H,45,47)(H,46,48). The Morgan fingerprint density at radius 2 is 1.02 bits per heavy atom.